The largest absolute Gasteiger partial charge is 0.488 e. The van der Waals surface area contributed by atoms with Crippen molar-refractivity contribution in [2.24, 2.45) is 4.99 Å². The van der Waals surface area contributed by atoms with Gasteiger partial charge in [0, 0.05) is 30.7 Å². The first-order valence-corrected chi connectivity index (χ1v) is 13.1. The molecule has 0 bridgehead atoms. The molecule has 1 aliphatic heterocycles. The highest BCUT2D eigenvalue weighted by molar-refractivity contribution is 7.90. The summed E-state index contributed by atoms with van der Waals surface area (Å²) in [5, 5.41) is 9.63. The standard InChI is InChI=1S/C24H28N4O7S/c1-14(12-32-3)34-17-7-16(19-5-6-20(27-19)24-28-21(13-33-24)15(2)29)8-18(9-17)35-22-10-26-23(11-25-22)36(4,30)31/h5-11,14-15,21,27,29H,12-13H2,1-4H3/t14-,15-,21?/m0/s1. The van der Waals surface area contributed by atoms with Gasteiger partial charge in [0.1, 0.15) is 35.9 Å². The van der Waals surface area contributed by atoms with Gasteiger partial charge in [-0.25, -0.2) is 23.4 Å². The zero-order valence-electron chi connectivity index (χ0n) is 20.3. The quantitative estimate of drug-likeness (QED) is 0.415. The minimum Gasteiger partial charge on any atom is -0.488 e. The molecule has 192 valence electrons. The van der Waals surface area contributed by atoms with Gasteiger partial charge in [0.15, 0.2) is 14.9 Å². The molecule has 2 N–H and O–H groups in total. The second-order valence-corrected chi connectivity index (χ2v) is 10.4. The smallest absolute Gasteiger partial charge is 0.237 e. The Hall–Kier alpha value is -3.48. The van der Waals surface area contributed by atoms with E-state index in [-0.39, 0.29) is 23.1 Å². The Kier molecular flexibility index (Phi) is 7.57. The number of ether oxygens (including phenoxy) is 4. The summed E-state index contributed by atoms with van der Waals surface area (Å²) in [5.41, 5.74) is 2.19. The monoisotopic (exact) mass is 516 g/mol. The van der Waals surface area contributed by atoms with Crippen molar-refractivity contribution in [2.75, 3.05) is 26.6 Å². The summed E-state index contributed by atoms with van der Waals surface area (Å²) in [6.45, 7) is 4.27. The normalized spacial score (nSPS) is 17.2. The molecule has 0 saturated carbocycles. The van der Waals surface area contributed by atoms with Gasteiger partial charge in [0.2, 0.25) is 11.8 Å². The van der Waals surface area contributed by atoms with E-state index in [2.05, 4.69) is 19.9 Å². The number of nitrogens with zero attached hydrogens (tertiary/aromatic N) is 3. The van der Waals surface area contributed by atoms with Crippen LogP contribution in [-0.2, 0) is 19.3 Å². The van der Waals surface area contributed by atoms with Crippen LogP contribution in [0.15, 0.2) is 52.7 Å². The van der Waals surface area contributed by atoms with Crippen molar-refractivity contribution in [1.29, 1.82) is 0 Å². The molecule has 0 fully saturated rings. The molecule has 4 rings (SSSR count). The van der Waals surface area contributed by atoms with Gasteiger partial charge < -0.3 is 29.0 Å². The maximum atomic E-state index is 11.6. The average Bonchev–Trinajstić information content (AvgIpc) is 3.49. The first-order chi connectivity index (χ1) is 17.1. The zero-order valence-corrected chi connectivity index (χ0v) is 21.2. The number of sulfone groups is 1. The van der Waals surface area contributed by atoms with Crippen LogP contribution >= 0.6 is 0 Å². The van der Waals surface area contributed by atoms with E-state index >= 15 is 0 Å². The lowest BCUT2D eigenvalue weighted by Crippen LogP contribution is -2.21. The summed E-state index contributed by atoms with van der Waals surface area (Å²) in [6, 6.07) is 8.74. The number of hydrogen-bond donors (Lipinski definition) is 2. The highest BCUT2D eigenvalue weighted by Gasteiger charge is 2.25. The lowest BCUT2D eigenvalue weighted by molar-refractivity contribution is 0.0920. The topological polar surface area (TPSA) is 145 Å². The summed E-state index contributed by atoms with van der Waals surface area (Å²) in [7, 11) is -1.88. The predicted molar refractivity (Wildman–Crippen MR) is 131 cm³/mol. The molecule has 0 saturated heterocycles. The van der Waals surface area contributed by atoms with Crippen molar-refractivity contribution >= 4 is 15.7 Å². The molecule has 0 spiro atoms. The van der Waals surface area contributed by atoms with Gasteiger partial charge in [-0.2, -0.15) is 0 Å². The first kappa shape index (κ1) is 25.6. The van der Waals surface area contributed by atoms with Crippen LogP contribution < -0.4 is 9.47 Å². The Bertz CT molecular complexity index is 1340. The number of methoxy groups -OCH3 is 1. The second-order valence-electron chi connectivity index (χ2n) is 8.48. The van der Waals surface area contributed by atoms with E-state index < -0.39 is 15.9 Å². The molecule has 2 aromatic heterocycles. The number of nitrogens with one attached hydrogen (secondary N) is 1. The molecule has 0 radical (unpaired) electrons. The third-order valence-electron chi connectivity index (χ3n) is 5.28. The lowest BCUT2D eigenvalue weighted by Gasteiger charge is -2.16. The summed E-state index contributed by atoms with van der Waals surface area (Å²) >= 11 is 0. The molecule has 1 aromatic carbocycles. The van der Waals surface area contributed by atoms with E-state index in [1.165, 1.54) is 6.20 Å². The number of aliphatic hydroxyl groups excluding tert-OH is 1. The number of aliphatic hydroxyl groups is 1. The first-order valence-electron chi connectivity index (χ1n) is 11.2. The Balaban J connectivity index is 1.63. The average molecular weight is 517 g/mol. The van der Waals surface area contributed by atoms with Crippen molar-refractivity contribution < 1.29 is 32.5 Å². The maximum absolute atomic E-state index is 11.6. The molecule has 0 aliphatic carbocycles. The number of aromatic nitrogens is 3. The van der Waals surface area contributed by atoms with Gasteiger partial charge in [-0.1, -0.05) is 0 Å². The number of H-pyrrole nitrogens is 1. The molecular formula is C24H28N4O7S. The maximum Gasteiger partial charge on any atom is 0.237 e. The van der Waals surface area contributed by atoms with Crippen LogP contribution in [0.2, 0.25) is 0 Å². The van der Waals surface area contributed by atoms with Crippen molar-refractivity contribution in [1.82, 2.24) is 15.0 Å². The van der Waals surface area contributed by atoms with E-state index in [0.717, 1.165) is 23.7 Å². The van der Waals surface area contributed by atoms with Crippen molar-refractivity contribution in [3.05, 3.63) is 48.4 Å². The molecule has 11 nitrogen and oxygen atoms in total. The Labute approximate surface area is 209 Å². The third-order valence-corrected chi connectivity index (χ3v) is 6.25. The highest BCUT2D eigenvalue weighted by Crippen LogP contribution is 2.32. The highest BCUT2D eigenvalue weighted by atomic mass is 32.2. The van der Waals surface area contributed by atoms with Crippen LogP contribution in [0.4, 0.5) is 0 Å². The molecule has 3 heterocycles. The molecule has 3 aromatic rings. The van der Waals surface area contributed by atoms with E-state index in [4.69, 9.17) is 18.9 Å². The van der Waals surface area contributed by atoms with Gasteiger partial charge in [0.05, 0.1) is 25.1 Å². The third kappa shape index (κ3) is 6.20. The van der Waals surface area contributed by atoms with E-state index in [0.29, 0.717) is 36.3 Å². The Morgan fingerprint density at radius 3 is 2.53 bits per heavy atom. The summed E-state index contributed by atoms with van der Waals surface area (Å²) in [4.78, 5) is 15.7. The van der Waals surface area contributed by atoms with Crippen molar-refractivity contribution in [3.8, 4) is 28.6 Å². The number of hydrogen-bond acceptors (Lipinski definition) is 10. The van der Waals surface area contributed by atoms with Gasteiger partial charge >= 0.3 is 0 Å². The van der Waals surface area contributed by atoms with Crippen LogP contribution in [-0.4, -0.2) is 79.2 Å². The molecule has 3 atom stereocenters. The molecule has 12 heteroatoms. The summed E-state index contributed by atoms with van der Waals surface area (Å²) < 4.78 is 46.0. The van der Waals surface area contributed by atoms with Crippen LogP contribution in [0, 0.1) is 0 Å². The van der Waals surface area contributed by atoms with Crippen molar-refractivity contribution in [3.63, 3.8) is 0 Å². The minimum absolute atomic E-state index is 0.125. The number of benzene rings is 1. The number of aliphatic imine (C=N–C) groups is 1. The van der Waals surface area contributed by atoms with Crippen LogP contribution in [0.3, 0.4) is 0 Å². The Morgan fingerprint density at radius 1 is 1.14 bits per heavy atom. The SMILES string of the molecule is COC[C@H](C)Oc1cc(Oc2cnc(S(C)(=O)=O)cn2)cc(-c2ccc(C3=NC([C@H](C)O)CO3)[nH]2)c1. The van der Waals surface area contributed by atoms with Gasteiger partial charge in [-0.15, -0.1) is 0 Å². The molecule has 1 unspecified atom stereocenters. The second kappa shape index (κ2) is 10.6. The molecule has 36 heavy (non-hydrogen) atoms. The lowest BCUT2D eigenvalue weighted by atomic mass is 10.1. The fourth-order valence-electron chi connectivity index (χ4n) is 3.50. The predicted octanol–water partition coefficient (Wildman–Crippen LogP) is 2.61. The van der Waals surface area contributed by atoms with Crippen LogP contribution in [0.1, 0.15) is 19.5 Å². The van der Waals surface area contributed by atoms with Gasteiger partial charge in [0.25, 0.3) is 0 Å². The van der Waals surface area contributed by atoms with Crippen LogP contribution in [0.25, 0.3) is 11.3 Å². The van der Waals surface area contributed by atoms with Crippen LogP contribution in [0.5, 0.6) is 17.4 Å². The number of rotatable bonds is 10. The fraction of sp³-hybridized carbons (Fsp3) is 0.375. The van der Waals surface area contributed by atoms with E-state index in [1.54, 1.807) is 26.2 Å². The van der Waals surface area contributed by atoms with E-state index in [1.807, 2.05) is 25.1 Å². The van der Waals surface area contributed by atoms with E-state index in [9.17, 15) is 13.5 Å². The minimum atomic E-state index is -3.47. The van der Waals surface area contributed by atoms with Gasteiger partial charge in [-0.3, -0.25) is 0 Å². The Morgan fingerprint density at radius 2 is 1.89 bits per heavy atom. The molecule has 1 aliphatic rings. The zero-order chi connectivity index (χ0) is 25.9. The summed E-state index contributed by atoms with van der Waals surface area (Å²) in [5.74, 6) is 1.51. The molecule has 0 amide bonds. The fourth-order valence-corrected chi connectivity index (χ4v) is 3.98. The number of aromatic amines is 1. The summed E-state index contributed by atoms with van der Waals surface area (Å²) in [6.07, 6.45) is 2.63. The van der Waals surface area contributed by atoms with Gasteiger partial charge in [-0.05, 0) is 38.1 Å². The van der Waals surface area contributed by atoms with Crippen molar-refractivity contribution in [2.45, 2.75) is 37.1 Å². The molecular weight excluding hydrogens is 488 g/mol.